The lowest BCUT2D eigenvalue weighted by molar-refractivity contribution is 0.350. The van der Waals surface area contributed by atoms with Crippen LogP contribution in [0.5, 0.6) is 11.6 Å². The highest BCUT2D eigenvalue weighted by Gasteiger charge is 2.08. The predicted molar refractivity (Wildman–Crippen MR) is 47.1 cm³/mol. The number of nitrogens with zero attached hydrogens (tertiary/aromatic N) is 1. The Kier molecular flexibility index (Phi) is 1.81. The molecule has 1 aromatic carbocycles. The molecule has 2 rings (SSSR count). The smallest absolute Gasteiger partial charge is 0.261 e. The average Bonchev–Trinajstić information content (AvgIpc) is 2.59. The number of fused-ring (bicyclic) bond motifs is 1. The van der Waals surface area contributed by atoms with Crippen molar-refractivity contribution in [3.05, 3.63) is 18.2 Å². The molecule has 1 aromatic heterocycles. The van der Waals surface area contributed by atoms with Gasteiger partial charge in [0.15, 0.2) is 5.58 Å². The van der Waals surface area contributed by atoms with Gasteiger partial charge in [-0.05, 0) is 17.3 Å². The minimum atomic E-state index is 0.498. The van der Waals surface area contributed by atoms with Crippen LogP contribution in [0.15, 0.2) is 22.7 Å². The zero-order valence-electron chi connectivity index (χ0n) is 7.40. The van der Waals surface area contributed by atoms with E-state index in [0.29, 0.717) is 11.5 Å². The fourth-order valence-corrected chi connectivity index (χ4v) is 1.17. The molecule has 0 atom stereocenters. The molecule has 0 aliphatic rings. The van der Waals surface area contributed by atoms with Crippen LogP contribution in [0.4, 0.5) is 0 Å². The molecule has 0 bridgehead atoms. The Balaban J connectivity index is 2.61. The molecular weight excluding hydrogens is 170 g/mol. The molecule has 13 heavy (non-hydrogen) atoms. The highest BCUT2D eigenvalue weighted by molar-refractivity contribution is 5.83. The Morgan fingerprint density at radius 1 is 1.23 bits per heavy atom. The van der Waals surface area contributed by atoms with E-state index in [4.69, 9.17) is 14.0 Å². The second-order valence-corrected chi connectivity index (χ2v) is 2.55. The summed E-state index contributed by atoms with van der Waals surface area (Å²) >= 11 is 0. The molecule has 1 heterocycles. The molecule has 68 valence electrons. The summed E-state index contributed by atoms with van der Waals surface area (Å²) in [6.07, 6.45) is 0. The van der Waals surface area contributed by atoms with Crippen molar-refractivity contribution >= 4 is 11.0 Å². The molecule has 0 saturated carbocycles. The molecular formula is C9H9NO3. The first-order chi connectivity index (χ1) is 6.35. The maximum absolute atomic E-state index is 5.04. The molecule has 0 N–H and O–H groups in total. The Morgan fingerprint density at radius 2 is 2.08 bits per heavy atom. The van der Waals surface area contributed by atoms with Crippen molar-refractivity contribution in [1.29, 1.82) is 0 Å². The van der Waals surface area contributed by atoms with Crippen LogP contribution in [0.25, 0.3) is 11.0 Å². The first-order valence-electron chi connectivity index (χ1n) is 3.82. The fraction of sp³-hybridized carbons (Fsp3) is 0.222. The number of hydrogen-bond donors (Lipinski definition) is 0. The van der Waals surface area contributed by atoms with Gasteiger partial charge < -0.3 is 14.0 Å². The van der Waals surface area contributed by atoms with Crippen molar-refractivity contribution in [1.82, 2.24) is 5.16 Å². The van der Waals surface area contributed by atoms with Gasteiger partial charge in [0, 0.05) is 6.07 Å². The maximum atomic E-state index is 5.04. The van der Waals surface area contributed by atoms with Crippen molar-refractivity contribution in [2.45, 2.75) is 0 Å². The van der Waals surface area contributed by atoms with Gasteiger partial charge in [-0.15, -0.1) is 0 Å². The Morgan fingerprint density at radius 3 is 2.77 bits per heavy atom. The Labute approximate surface area is 75.0 Å². The second kappa shape index (κ2) is 2.97. The number of hydrogen-bond acceptors (Lipinski definition) is 4. The van der Waals surface area contributed by atoms with E-state index in [1.165, 1.54) is 0 Å². The first kappa shape index (κ1) is 7.91. The standard InChI is InChI=1S/C9H9NO3/c1-11-6-3-4-7-8(5-6)13-10-9(7)12-2/h3-5H,1-2H3. The Hall–Kier alpha value is -1.71. The van der Waals surface area contributed by atoms with Crippen LogP contribution in [0, 0.1) is 0 Å². The third kappa shape index (κ3) is 1.20. The van der Waals surface area contributed by atoms with E-state index in [-0.39, 0.29) is 0 Å². The molecule has 0 spiro atoms. The highest BCUT2D eigenvalue weighted by atomic mass is 16.5. The molecule has 2 aromatic rings. The second-order valence-electron chi connectivity index (χ2n) is 2.55. The molecule has 0 aliphatic carbocycles. The molecule has 0 radical (unpaired) electrons. The largest absolute Gasteiger partial charge is 0.497 e. The first-order valence-corrected chi connectivity index (χ1v) is 3.82. The van der Waals surface area contributed by atoms with Gasteiger partial charge in [0.05, 0.1) is 19.6 Å². The molecule has 0 aliphatic heterocycles. The van der Waals surface area contributed by atoms with Gasteiger partial charge in [0.25, 0.3) is 5.88 Å². The summed E-state index contributed by atoms with van der Waals surface area (Å²) in [5.41, 5.74) is 0.663. The molecule has 0 unspecified atom stereocenters. The molecule has 0 fully saturated rings. The summed E-state index contributed by atoms with van der Waals surface area (Å²) in [6.45, 7) is 0. The van der Waals surface area contributed by atoms with E-state index in [9.17, 15) is 0 Å². The van der Waals surface area contributed by atoms with Crippen molar-refractivity contribution < 1.29 is 14.0 Å². The van der Waals surface area contributed by atoms with Crippen LogP contribution >= 0.6 is 0 Å². The van der Waals surface area contributed by atoms with Crippen LogP contribution in [-0.4, -0.2) is 19.4 Å². The molecule has 4 heteroatoms. The van der Waals surface area contributed by atoms with E-state index in [2.05, 4.69) is 5.16 Å². The highest BCUT2D eigenvalue weighted by Crippen LogP contribution is 2.27. The van der Waals surface area contributed by atoms with Crippen LogP contribution in [0.2, 0.25) is 0 Å². The monoisotopic (exact) mass is 179 g/mol. The van der Waals surface area contributed by atoms with E-state index in [1.54, 1.807) is 20.3 Å². The summed E-state index contributed by atoms with van der Waals surface area (Å²) in [4.78, 5) is 0. The number of methoxy groups -OCH3 is 2. The summed E-state index contributed by atoms with van der Waals surface area (Å²) < 4.78 is 15.1. The topological polar surface area (TPSA) is 44.5 Å². The molecule has 0 amide bonds. The van der Waals surface area contributed by atoms with Gasteiger partial charge in [-0.1, -0.05) is 0 Å². The van der Waals surface area contributed by atoms with E-state index >= 15 is 0 Å². The normalized spacial score (nSPS) is 10.3. The number of aromatic nitrogens is 1. The Bertz CT molecular complexity index is 422. The molecule has 0 saturated heterocycles. The molecule has 4 nitrogen and oxygen atoms in total. The summed E-state index contributed by atoms with van der Waals surface area (Å²) in [7, 11) is 3.16. The third-order valence-electron chi connectivity index (χ3n) is 1.84. The van der Waals surface area contributed by atoms with Crippen LogP contribution in [0.3, 0.4) is 0 Å². The average molecular weight is 179 g/mol. The minimum Gasteiger partial charge on any atom is -0.497 e. The summed E-state index contributed by atoms with van der Waals surface area (Å²) in [5.74, 6) is 1.24. The quantitative estimate of drug-likeness (QED) is 0.705. The van der Waals surface area contributed by atoms with Crippen molar-refractivity contribution in [2.24, 2.45) is 0 Å². The van der Waals surface area contributed by atoms with E-state index in [1.807, 2.05) is 12.1 Å². The fourth-order valence-electron chi connectivity index (χ4n) is 1.17. The lowest BCUT2D eigenvalue weighted by Gasteiger charge is -1.97. The van der Waals surface area contributed by atoms with Gasteiger partial charge in [0.1, 0.15) is 5.75 Å². The van der Waals surface area contributed by atoms with Crippen LogP contribution in [-0.2, 0) is 0 Å². The van der Waals surface area contributed by atoms with Crippen LogP contribution < -0.4 is 9.47 Å². The number of rotatable bonds is 2. The maximum Gasteiger partial charge on any atom is 0.261 e. The van der Waals surface area contributed by atoms with Crippen molar-refractivity contribution in [3.8, 4) is 11.6 Å². The van der Waals surface area contributed by atoms with Crippen LogP contribution in [0.1, 0.15) is 0 Å². The predicted octanol–water partition coefficient (Wildman–Crippen LogP) is 1.84. The van der Waals surface area contributed by atoms with Crippen molar-refractivity contribution in [3.63, 3.8) is 0 Å². The van der Waals surface area contributed by atoms with E-state index in [0.717, 1.165) is 11.1 Å². The zero-order valence-corrected chi connectivity index (χ0v) is 7.40. The van der Waals surface area contributed by atoms with Gasteiger partial charge >= 0.3 is 0 Å². The third-order valence-corrected chi connectivity index (χ3v) is 1.84. The van der Waals surface area contributed by atoms with Gasteiger partial charge in [0.2, 0.25) is 0 Å². The van der Waals surface area contributed by atoms with E-state index < -0.39 is 0 Å². The van der Waals surface area contributed by atoms with Crippen molar-refractivity contribution in [2.75, 3.05) is 14.2 Å². The summed E-state index contributed by atoms with van der Waals surface area (Å²) in [6, 6.07) is 5.45. The minimum absolute atomic E-state index is 0.498. The van der Waals surface area contributed by atoms with Gasteiger partial charge in [-0.2, -0.15) is 0 Å². The van der Waals surface area contributed by atoms with Gasteiger partial charge in [-0.25, -0.2) is 0 Å². The lowest BCUT2D eigenvalue weighted by atomic mass is 10.2. The van der Waals surface area contributed by atoms with Gasteiger partial charge in [-0.3, -0.25) is 0 Å². The number of ether oxygens (including phenoxy) is 2. The summed E-state index contributed by atoms with van der Waals surface area (Å²) in [5, 5.41) is 4.59. The lowest BCUT2D eigenvalue weighted by Crippen LogP contribution is -1.83. The number of benzene rings is 1. The SMILES string of the molecule is COc1ccc2c(OC)noc2c1. The zero-order chi connectivity index (χ0) is 9.26.